The molecule has 0 saturated heterocycles. The van der Waals surface area contributed by atoms with Crippen LogP contribution in [-0.2, 0) is 16.4 Å². The molecule has 0 radical (unpaired) electrons. The first-order valence-electron chi connectivity index (χ1n) is 6.20. The number of aryl methyl sites for hydroxylation is 1. The van der Waals surface area contributed by atoms with E-state index in [4.69, 9.17) is 11.6 Å². The molecule has 1 heterocycles. The van der Waals surface area contributed by atoms with Crippen LogP contribution in [0.4, 0.5) is 11.5 Å². The summed E-state index contributed by atoms with van der Waals surface area (Å²) in [4.78, 5) is 0. The van der Waals surface area contributed by atoms with E-state index in [2.05, 4.69) is 20.7 Å². The van der Waals surface area contributed by atoms with Crippen molar-refractivity contribution in [2.45, 2.75) is 6.42 Å². The summed E-state index contributed by atoms with van der Waals surface area (Å²) in [6.07, 6.45) is 1.89. The summed E-state index contributed by atoms with van der Waals surface area (Å²) in [6, 6.07) is 5.28. The van der Waals surface area contributed by atoms with Crippen LogP contribution in [0.25, 0.3) is 0 Å². The van der Waals surface area contributed by atoms with E-state index in [0.29, 0.717) is 17.3 Å². The lowest BCUT2D eigenvalue weighted by atomic mass is 10.1. The molecule has 0 atom stereocenters. The van der Waals surface area contributed by atoms with Gasteiger partial charge in [0.15, 0.2) is 0 Å². The highest BCUT2D eigenvalue weighted by atomic mass is 35.5. The number of sulfonamides is 1. The minimum Gasteiger partial charge on any atom is -0.339 e. The van der Waals surface area contributed by atoms with Gasteiger partial charge in [-0.05, 0) is 30.2 Å². The average molecular weight is 330 g/mol. The Morgan fingerprint density at radius 1 is 1.38 bits per heavy atom. The molecule has 0 bridgehead atoms. The number of H-pyrrole nitrogens is 1. The Balaban J connectivity index is 2.19. The van der Waals surface area contributed by atoms with Crippen molar-refractivity contribution in [3.63, 3.8) is 0 Å². The number of aromatic nitrogens is 3. The highest BCUT2D eigenvalue weighted by molar-refractivity contribution is 7.89. The van der Waals surface area contributed by atoms with Crippen LogP contribution in [0, 0.1) is 0 Å². The largest absolute Gasteiger partial charge is 0.339 e. The van der Waals surface area contributed by atoms with Crippen LogP contribution in [0.3, 0.4) is 0 Å². The molecule has 2 N–H and O–H groups in total. The van der Waals surface area contributed by atoms with Crippen molar-refractivity contribution < 1.29 is 8.42 Å². The van der Waals surface area contributed by atoms with E-state index in [1.54, 1.807) is 18.2 Å². The van der Waals surface area contributed by atoms with Gasteiger partial charge in [-0.15, -0.1) is 5.10 Å². The number of nitrogens with zero attached hydrogens (tertiary/aromatic N) is 3. The van der Waals surface area contributed by atoms with Crippen LogP contribution in [0.1, 0.15) is 5.56 Å². The summed E-state index contributed by atoms with van der Waals surface area (Å²) in [5, 5.41) is 13.6. The Morgan fingerprint density at radius 2 is 2.14 bits per heavy atom. The van der Waals surface area contributed by atoms with Crippen LogP contribution >= 0.6 is 11.6 Å². The van der Waals surface area contributed by atoms with Gasteiger partial charge in [-0.3, -0.25) is 0 Å². The van der Waals surface area contributed by atoms with Crippen molar-refractivity contribution >= 4 is 33.1 Å². The fourth-order valence-electron chi connectivity index (χ4n) is 1.72. The Bertz CT molecular complexity index is 700. The van der Waals surface area contributed by atoms with E-state index >= 15 is 0 Å². The Kier molecular flexibility index (Phi) is 4.81. The van der Waals surface area contributed by atoms with Gasteiger partial charge in [-0.25, -0.2) is 17.8 Å². The summed E-state index contributed by atoms with van der Waals surface area (Å²) >= 11 is 5.99. The molecule has 21 heavy (non-hydrogen) atoms. The monoisotopic (exact) mass is 329 g/mol. The van der Waals surface area contributed by atoms with Gasteiger partial charge in [0.2, 0.25) is 10.0 Å². The third-order valence-electron chi connectivity index (χ3n) is 2.94. The van der Waals surface area contributed by atoms with Crippen molar-refractivity contribution in [2.24, 2.45) is 0 Å². The molecule has 9 heteroatoms. The Hall–Kier alpha value is -1.64. The van der Waals surface area contributed by atoms with E-state index < -0.39 is 10.0 Å². The predicted octanol–water partition coefficient (Wildman–Crippen LogP) is 1.64. The van der Waals surface area contributed by atoms with E-state index in [9.17, 15) is 8.42 Å². The highest BCUT2D eigenvalue weighted by Crippen LogP contribution is 2.24. The third kappa shape index (κ3) is 4.16. The first-order valence-corrected chi connectivity index (χ1v) is 8.19. The Labute approximate surface area is 128 Å². The van der Waals surface area contributed by atoms with Crippen LogP contribution in [0.5, 0.6) is 0 Å². The lowest BCUT2D eigenvalue weighted by molar-refractivity contribution is 0.520. The number of halogens is 1. The molecule has 114 valence electrons. The molecular formula is C12H16ClN5O2S. The summed E-state index contributed by atoms with van der Waals surface area (Å²) in [6.45, 7) is 0. The molecule has 0 aliphatic heterocycles. The standard InChI is InChI=1S/C12H16ClN5O2S/c1-18(2)21(19,20)6-5-9-7-10(13)3-4-11(9)15-12-8-14-17-16-12/h3-4,7-8H,5-6H2,1-2H3,(H2,14,15,16,17). The molecule has 7 nitrogen and oxygen atoms in total. The van der Waals surface area contributed by atoms with Crippen molar-refractivity contribution in [1.29, 1.82) is 0 Å². The van der Waals surface area contributed by atoms with Gasteiger partial charge in [0.25, 0.3) is 0 Å². The predicted molar refractivity (Wildman–Crippen MR) is 82.3 cm³/mol. The quantitative estimate of drug-likeness (QED) is 0.840. The van der Waals surface area contributed by atoms with Gasteiger partial charge in [-0.2, -0.15) is 0 Å². The maximum atomic E-state index is 11.9. The summed E-state index contributed by atoms with van der Waals surface area (Å²) < 4.78 is 24.9. The van der Waals surface area contributed by atoms with Gasteiger partial charge in [0.1, 0.15) is 5.82 Å². The summed E-state index contributed by atoms with van der Waals surface area (Å²) in [7, 11) is -0.225. The van der Waals surface area contributed by atoms with Gasteiger partial charge >= 0.3 is 0 Å². The number of anilines is 2. The van der Waals surface area contributed by atoms with Crippen LogP contribution in [-0.4, -0.2) is 48.0 Å². The van der Waals surface area contributed by atoms with Gasteiger partial charge in [-0.1, -0.05) is 16.8 Å². The number of hydrogen-bond donors (Lipinski definition) is 2. The summed E-state index contributed by atoms with van der Waals surface area (Å²) in [5.41, 5.74) is 1.57. The normalized spacial score (nSPS) is 11.8. The fourth-order valence-corrected chi connectivity index (χ4v) is 2.75. The van der Waals surface area contributed by atoms with Crippen molar-refractivity contribution in [3.8, 4) is 0 Å². The number of benzene rings is 1. The van der Waals surface area contributed by atoms with Crippen molar-refractivity contribution in [2.75, 3.05) is 25.2 Å². The van der Waals surface area contributed by atoms with E-state index in [-0.39, 0.29) is 5.75 Å². The molecule has 0 aliphatic carbocycles. The molecular weight excluding hydrogens is 314 g/mol. The lowest BCUT2D eigenvalue weighted by Crippen LogP contribution is -2.26. The molecule has 2 aromatic rings. The maximum absolute atomic E-state index is 11.9. The van der Waals surface area contributed by atoms with Crippen molar-refractivity contribution in [3.05, 3.63) is 35.0 Å². The topological polar surface area (TPSA) is 91.0 Å². The fraction of sp³-hybridized carbons (Fsp3) is 0.333. The number of hydrogen-bond acceptors (Lipinski definition) is 5. The molecule has 1 aromatic carbocycles. The van der Waals surface area contributed by atoms with E-state index in [1.807, 2.05) is 0 Å². The zero-order chi connectivity index (χ0) is 15.5. The van der Waals surface area contributed by atoms with Gasteiger partial charge < -0.3 is 5.32 Å². The van der Waals surface area contributed by atoms with E-state index in [0.717, 1.165) is 11.3 Å². The molecule has 0 spiro atoms. The Morgan fingerprint density at radius 3 is 2.76 bits per heavy atom. The smallest absolute Gasteiger partial charge is 0.213 e. The number of nitrogens with one attached hydrogen (secondary N) is 2. The highest BCUT2D eigenvalue weighted by Gasteiger charge is 2.15. The first kappa shape index (κ1) is 15.7. The minimum absolute atomic E-state index is 0.0102. The second kappa shape index (κ2) is 6.42. The zero-order valence-electron chi connectivity index (χ0n) is 11.7. The SMILES string of the molecule is CN(C)S(=O)(=O)CCc1cc(Cl)ccc1Nc1cnn[nH]1. The second-order valence-electron chi connectivity index (χ2n) is 4.64. The number of rotatable bonds is 6. The molecule has 1 aromatic heterocycles. The second-order valence-corrected chi connectivity index (χ2v) is 7.38. The first-order chi connectivity index (χ1) is 9.88. The third-order valence-corrected chi connectivity index (χ3v) is 5.01. The zero-order valence-corrected chi connectivity index (χ0v) is 13.2. The van der Waals surface area contributed by atoms with Crippen LogP contribution in [0.15, 0.2) is 24.4 Å². The molecule has 0 aliphatic rings. The van der Waals surface area contributed by atoms with Gasteiger partial charge in [0.05, 0.1) is 11.9 Å². The molecule has 2 rings (SSSR count). The van der Waals surface area contributed by atoms with E-state index in [1.165, 1.54) is 24.6 Å². The molecule has 0 saturated carbocycles. The molecule has 0 fully saturated rings. The van der Waals surface area contributed by atoms with Crippen LogP contribution in [0.2, 0.25) is 5.02 Å². The average Bonchev–Trinajstić information content (AvgIpc) is 2.92. The minimum atomic E-state index is -3.26. The molecule has 0 unspecified atom stereocenters. The molecule has 0 amide bonds. The summed E-state index contributed by atoms with van der Waals surface area (Å²) in [5.74, 6) is 0.630. The lowest BCUT2D eigenvalue weighted by Gasteiger charge is -2.14. The van der Waals surface area contributed by atoms with Crippen molar-refractivity contribution in [1.82, 2.24) is 19.7 Å². The van der Waals surface area contributed by atoms with Gasteiger partial charge in [0, 0.05) is 24.8 Å². The number of aromatic amines is 1. The maximum Gasteiger partial charge on any atom is 0.213 e. The van der Waals surface area contributed by atoms with Crippen LogP contribution < -0.4 is 5.32 Å².